The van der Waals surface area contributed by atoms with Gasteiger partial charge in [-0.05, 0) is 56.6 Å². The first-order valence-corrected chi connectivity index (χ1v) is 8.15. The average molecular weight is 324 g/mol. The molecule has 3 rings (SSSR count). The second kappa shape index (κ2) is 5.45. The van der Waals surface area contributed by atoms with Gasteiger partial charge in [-0.3, -0.25) is 0 Å². The molecule has 0 aromatic heterocycles. The number of aliphatic hydroxyl groups excluding tert-OH is 1. The third kappa shape index (κ3) is 3.51. The monoisotopic (exact) mass is 323 g/mol. The predicted molar refractivity (Wildman–Crippen MR) is 82.4 cm³/mol. The average Bonchev–Trinajstić information content (AvgIpc) is 3.22. The molecule has 0 spiro atoms. The zero-order valence-electron chi connectivity index (χ0n) is 11.5. The minimum Gasteiger partial charge on any atom is -0.389 e. The number of nitrogens with zero attached hydrogens (tertiary/aromatic N) is 1. The number of anilines is 1. The molecule has 3 heteroatoms. The maximum absolute atomic E-state index is 10.0. The van der Waals surface area contributed by atoms with E-state index in [2.05, 4.69) is 33.0 Å². The van der Waals surface area contributed by atoms with E-state index >= 15 is 0 Å². The molecule has 1 unspecified atom stereocenters. The van der Waals surface area contributed by atoms with Crippen LogP contribution in [0.25, 0.3) is 0 Å². The van der Waals surface area contributed by atoms with Crippen LogP contribution in [0.3, 0.4) is 0 Å². The second-order valence-electron chi connectivity index (χ2n) is 6.17. The normalized spacial score (nSPS) is 20.4. The smallest absolute Gasteiger partial charge is 0.0782 e. The molecule has 2 saturated carbocycles. The van der Waals surface area contributed by atoms with Gasteiger partial charge in [0.15, 0.2) is 0 Å². The number of hydrogen-bond acceptors (Lipinski definition) is 2. The van der Waals surface area contributed by atoms with Crippen LogP contribution in [-0.4, -0.2) is 18.2 Å². The first kappa shape index (κ1) is 13.4. The lowest BCUT2D eigenvalue weighted by Gasteiger charge is -2.28. The van der Waals surface area contributed by atoms with Gasteiger partial charge < -0.3 is 10.0 Å². The first-order chi connectivity index (χ1) is 9.13. The Morgan fingerprint density at radius 3 is 2.26 bits per heavy atom. The molecule has 0 aliphatic heterocycles. The Kier molecular flexibility index (Phi) is 3.86. The highest BCUT2D eigenvalue weighted by Crippen LogP contribution is 2.38. The Balaban J connectivity index is 1.87. The fourth-order valence-electron chi connectivity index (χ4n) is 2.64. The van der Waals surface area contributed by atoms with Crippen molar-refractivity contribution in [2.75, 3.05) is 18.0 Å². The summed E-state index contributed by atoms with van der Waals surface area (Å²) in [4.78, 5) is 2.52. The molecule has 0 saturated heterocycles. The Morgan fingerprint density at radius 2 is 1.79 bits per heavy atom. The van der Waals surface area contributed by atoms with Crippen LogP contribution in [0.1, 0.15) is 44.3 Å². The van der Waals surface area contributed by atoms with Gasteiger partial charge in [-0.25, -0.2) is 0 Å². The lowest BCUT2D eigenvalue weighted by Crippen LogP contribution is -2.29. The van der Waals surface area contributed by atoms with Crippen molar-refractivity contribution < 1.29 is 5.11 Å². The Hall–Kier alpha value is -0.540. The van der Waals surface area contributed by atoms with Crippen molar-refractivity contribution in [3.8, 4) is 0 Å². The van der Waals surface area contributed by atoms with Gasteiger partial charge in [-0.15, -0.1) is 0 Å². The van der Waals surface area contributed by atoms with Gasteiger partial charge >= 0.3 is 0 Å². The molecule has 2 aliphatic carbocycles. The molecule has 0 amide bonds. The molecule has 1 atom stereocenters. The summed E-state index contributed by atoms with van der Waals surface area (Å²) in [5.41, 5.74) is 2.28. The third-order valence-electron chi connectivity index (χ3n) is 4.13. The molecule has 0 bridgehead atoms. The summed E-state index contributed by atoms with van der Waals surface area (Å²) < 4.78 is 1.10. The largest absolute Gasteiger partial charge is 0.389 e. The van der Waals surface area contributed by atoms with E-state index in [-0.39, 0.29) is 0 Å². The minimum absolute atomic E-state index is 0.399. The molecule has 0 heterocycles. The van der Waals surface area contributed by atoms with E-state index < -0.39 is 6.10 Å². The summed E-state index contributed by atoms with van der Waals surface area (Å²) >= 11 is 3.57. The van der Waals surface area contributed by atoms with Crippen LogP contribution < -0.4 is 4.90 Å². The molecule has 1 N–H and O–H groups in total. The maximum Gasteiger partial charge on any atom is 0.0782 e. The molecular formula is C16H22BrNO. The highest BCUT2D eigenvalue weighted by atomic mass is 79.9. The molecule has 2 aliphatic rings. The van der Waals surface area contributed by atoms with E-state index in [1.54, 1.807) is 0 Å². The molecule has 0 radical (unpaired) electrons. The maximum atomic E-state index is 10.0. The van der Waals surface area contributed by atoms with E-state index in [1.165, 1.54) is 31.4 Å². The lowest BCUT2D eigenvalue weighted by molar-refractivity contribution is 0.199. The Bertz CT molecular complexity index is 438. The minimum atomic E-state index is -0.399. The van der Waals surface area contributed by atoms with Gasteiger partial charge in [0.05, 0.1) is 6.10 Å². The van der Waals surface area contributed by atoms with Crippen molar-refractivity contribution in [1.29, 1.82) is 0 Å². The summed E-state index contributed by atoms with van der Waals surface area (Å²) in [5.74, 6) is 1.75. The van der Waals surface area contributed by atoms with Gasteiger partial charge in [-0.2, -0.15) is 0 Å². The van der Waals surface area contributed by atoms with Crippen LogP contribution in [0.2, 0.25) is 0 Å². The van der Waals surface area contributed by atoms with Crippen molar-refractivity contribution >= 4 is 21.6 Å². The van der Waals surface area contributed by atoms with Gasteiger partial charge in [-0.1, -0.05) is 22.0 Å². The number of rotatable bonds is 6. The van der Waals surface area contributed by atoms with Crippen molar-refractivity contribution in [1.82, 2.24) is 0 Å². The van der Waals surface area contributed by atoms with Crippen LogP contribution in [0.15, 0.2) is 22.7 Å². The number of halogens is 1. The summed E-state index contributed by atoms with van der Waals surface area (Å²) in [6.45, 7) is 4.18. The van der Waals surface area contributed by atoms with E-state index in [0.29, 0.717) is 0 Å². The van der Waals surface area contributed by atoms with Crippen LogP contribution in [0.5, 0.6) is 0 Å². The number of benzene rings is 1. The van der Waals surface area contributed by atoms with Crippen LogP contribution in [-0.2, 0) is 0 Å². The Morgan fingerprint density at radius 1 is 1.21 bits per heavy atom. The fourth-order valence-corrected chi connectivity index (χ4v) is 2.99. The zero-order chi connectivity index (χ0) is 13.4. The topological polar surface area (TPSA) is 23.5 Å². The second-order valence-corrected chi connectivity index (χ2v) is 7.09. The Labute approximate surface area is 123 Å². The first-order valence-electron chi connectivity index (χ1n) is 7.36. The fraction of sp³-hybridized carbons (Fsp3) is 0.625. The number of hydrogen-bond donors (Lipinski definition) is 1. The molecule has 19 heavy (non-hydrogen) atoms. The van der Waals surface area contributed by atoms with Crippen LogP contribution in [0, 0.1) is 11.8 Å². The highest BCUT2D eigenvalue weighted by molar-refractivity contribution is 9.10. The number of aliphatic hydroxyl groups is 1. The standard InChI is InChI=1S/C16H22BrNO/c1-11(19)15-7-6-14(17)8-16(15)18(9-12-2-3-12)10-13-4-5-13/h6-8,11-13,19H,2-5,9-10H2,1H3. The van der Waals surface area contributed by atoms with Gasteiger partial charge in [0.2, 0.25) is 0 Å². The zero-order valence-corrected chi connectivity index (χ0v) is 13.1. The highest BCUT2D eigenvalue weighted by Gasteiger charge is 2.30. The van der Waals surface area contributed by atoms with E-state index in [9.17, 15) is 5.11 Å². The van der Waals surface area contributed by atoms with Crippen LogP contribution in [0.4, 0.5) is 5.69 Å². The van der Waals surface area contributed by atoms with E-state index in [0.717, 1.165) is 35.0 Å². The van der Waals surface area contributed by atoms with Gasteiger partial charge in [0.1, 0.15) is 0 Å². The SMILES string of the molecule is CC(O)c1ccc(Br)cc1N(CC1CC1)CC1CC1. The van der Waals surface area contributed by atoms with Gasteiger partial charge in [0, 0.05) is 28.8 Å². The van der Waals surface area contributed by atoms with Crippen molar-refractivity contribution in [2.24, 2.45) is 11.8 Å². The summed E-state index contributed by atoms with van der Waals surface area (Å²) in [5, 5.41) is 10.0. The van der Waals surface area contributed by atoms with E-state index in [4.69, 9.17) is 0 Å². The molecule has 2 fully saturated rings. The molecule has 1 aromatic rings. The quantitative estimate of drug-likeness (QED) is 0.850. The summed E-state index contributed by atoms with van der Waals surface area (Å²) in [6.07, 6.45) is 5.10. The molecule has 2 nitrogen and oxygen atoms in total. The molecular weight excluding hydrogens is 302 g/mol. The third-order valence-corrected chi connectivity index (χ3v) is 4.63. The molecule has 104 valence electrons. The summed E-state index contributed by atoms with van der Waals surface area (Å²) in [7, 11) is 0. The van der Waals surface area contributed by atoms with Crippen molar-refractivity contribution in [2.45, 2.75) is 38.7 Å². The lowest BCUT2D eigenvalue weighted by atomic mass is 10.1. The van der Waals surface area contributed by atoms with E-state index in [1.807, 2.05) is 13.0 Å². The summed E-state index contributed by atoms with van der Waals surface area (Å²) in [6, 6.07) is 6.25. The van der Waals surface area contributed by atoms with Gasteiger partial charge in [0.25, 0.3) is 0 Å². The predicted octanol–water partition coefficient (Wildman–Crippen LogP) is 4.13. The molecule has 1 aromatic carbocycles. The van der Waals surface area contributed by atoms with Crippen molar-refractivity contribution in [3.05, 3.63) is 28.2 Å². The van der Waals surface area contributed by atoms with Crippen molar-refractivity contribution in [3.63, 3.8) is 0 Å². The van der Waals surface area contributed by atoms with Crippen LogP contribution >= 0.6 is 15.9 Å².